The van der Waals surface area contributed by atoms with Crippen LogP contribution in [0.25, 0.3) is 0 Å². The first-order chi connectivity index (χ1) is 9.72. The zero-order chi connectivity index (χ0) is 16.0. The maximum absolute atomic E-state index is 11.6. The Bertz CT molecular complexity index is 414. The first kappa shape index (κ1) is 17.9. The van der Waals surface area contributed by atoms with Crippen molar-refractivity contribution >= 4 is 20.0 Å². The third-order valence-corrected chi connectivity index (χ3v) is 6.03. The first-order valence-corrected chi connectivity index (χ1v) is 11.6. The fourth-order valence-corrected chi connectivity index (χ4v) is 4.33. The van der Waals surface area contributed by atoms with Crippen LogP contribution in [0.4, 0.5) is 0 Å². The minimum atomic E-state index is -1.22. The maximum atomic E-state index is 11.6. The van der Waals surface area contributed by atoms with E-state index in [2.05, 4.69) is 19.6 Å². The summed E-state index contributed by atoms with van der Waals surface area (Å²) in [5.41, 5.74) is 0.324. The molecular formula is C16H28O4Si. The molecule has 2 N–H and O–H groups in total. The molecule has 1 aliphatic rings. The first-order valence-electron chi connectivity index (χ1n) is 7.92. The lowest BCUT2D eigenvalue weighted by Gasteiger charge is -2.24. The van der Waals surface area contributed by atoms with Gasteiger partial charge in [0.05, 0.1) is 5.57 Å². The minimum Gasteiger partial charge on any atom is -0.478 e. The van der Waals surface area contributed by atoms with Gasteiger partial charge in [0.25, 0.3) is 0 Å². The van der Waals surface area contributed by atoms with E-state index in [-0.39, 0.29) is 17.1 Å². The molecule has 1 rings (SSSR count). The molecule has 0 spiro atoms. The molecule has 21 heavy (non-hydrogen) atoms. The highest BCUT2D eigenvalue weighted by atomic mass is 28.3. The number of hydrogen-bond donors (Lipinski definition) is 2. The van der Waals surface area contributed by atoms with Gasteiger partial charge in [-0.1, -0.05) is 51.4 Å². The van der Waals surface area contributed by atoms with Gasteiger partial charge in [0.1, 0.15) is 0 Å². The normalized spacial score (nSPS) is 18.2. The summed E-state index contributed by atoms with van der Waals surface area (Å²) in [5, 5.41) is 18.9. The molecule has 0 heterocycles. The standard InChI is InChI=1S/C16H28O4Si/c1-21(2,3)11-7-10-13(15(17)18)14(16(19)20)12-8-5-4-6-9-12/h12H,4-11H2,1-3H3,(H,17,18)(H,19,20)/b14-13+. The molecule has 0 radical (unpaired) electrons. The Hall–Kier alpha value is -1.10. The van der Waals surface area contributed by atoms with Gasteiger partial charge in [-0.05, 0) is 25.2 Å². The molecule has 0 aromatic rings. The van der Waals surface area contributed by atoms with Crippen LogP contribution in [0.1, 0.15) is 44.9 Å². The Morgan fingerprint density at radius 2 is 1.57 bits per heavy atom. The topological polar surface area (TPSA) is 74.6 Å². The molecule has 0 unspecified atom stereocenters. The second kappa shape index (κ2) is 7.78. The lowest BCUT2D eigenvalue weighted by molar-refractivity contribution is -0.136. The second-order valence-corrected chi connectivity index (χ2v) is 12.9. The summed E-state index contributed by atoms with van der Waals surface area (Å²) in [4.78, 5) is 23.1. The summed E-state index contributed by atoms with van der Waals surface area (Å²) in [6.45, 7) is 6.74. The number of rotatable bonds is 7. The largest absolute Gasteiger partial charge is 0.478 e. The van der Waals surface area contributed by atoms with Crippen LogP contribution in [0.2, 0.25) is 25.7 Å². The zero-order valence-electron chi connectivity index (χ0n) is 13.4. The average molecular weight is 312 g/mol. The molecule has 120 valence electrons. The molecule has 0 aromatic carbocycles. The number of carbonyl (C=O) groups is 2. The predicted molar refractivity (Wildman–Crippen MR) is 86.3 cm³/mol. The number of carboxylic acid groups (broad SMARTS) is 2. The van der Waals surface area contributed by atoms with Crippen molar-refractivity contribution in [3.05, 3.63) is 11.1 Å². The van der Waals surface area contributed by atoms with E-state index < -0.39 is 20.0 Å². The van der Waals surface area contributed by atoms with E-state index >= 15 is 0 Å². The Labute approximate surface area is 128 Å². The van der Waals surface area contributed by atoms with E-state index in [9.17, 15) is 19.8 Å². The SMILES string of the molecule is C[Si](C)(C)CCC/C(C(=O)O)=C(\C(=O)O)C1CCCCC1. The van der Waals surface area contributed by atoms with Crippen LogP contribution in [0.15, 0.2) is 11.1 Å². The van der Waals surface area contributed by atoms with Crippen molar-refractivity contribution in [2.75, 3.05) is 0 Å². The third kappa shape index (κ3) is 6.04. The fourth-order valence-electron chi connectivity index (χ4n) is 3.09. The maximum Gasteiger partial charge on any atom is 0.332 e. The third-order valence-electron chi connectivity index (χ3n) is 4.18. The fraction of sp³-hybridized carbons (Fsp3) is 0.750. The van der Waals surface area contributed by atoms with E-state index in [0.29, 0.717) is 6.42 Å². The molecule has 1 aliphatic carbocycles. The highest BCUT2D eigenvalue weighted by Gasteiger charge is 2.29. The molecule has 0 amide bonds. The van der Waals surface area contributed by atoms with Gasteiger partial charge in [0.2, 0.25) is 0 Å². The molecule has 0 aromatic heterocycles. The van der Waals surface area contributed by atoms with Crippen molar-refractivity contribution in [1.29, 1.82) is 0 Å². The van der Waals surface area contributed by atoms with Crippen LogP contribution in [0, 0.1) is 5.92 Å². The van der Waals surface area contributed by atoms with Crippen molar-refractivity contribution in [1.82, 2.24) is 0 Å². The van der Waals surface area contributed by atoms with E-state index in [1.165, 1.54) is 0 Å². The summed E-state index contributed by atoms with van der Waals surface area (Å²) >= 11 is 0. The van der Waals surface area contributed by atoms with Gasteiger partial charge >= 0.3 is 11.9 Å². The zero-order valence-corrected chi connectivity index (χ0v) is 14.4. The van der Waals surface area contributed by atoms with Crippen molar-refractivity contribution in [3.63, 3.8) is 0 Å². The molecule has 1 fully saturated rings. The lowest BCUT2D eigenvalue weighted by atomic mass is 9.81. The molecule has 5 heteroatoms. The summed E-state index contributed by atoms with van der Waals surface area (Å²) in [6, 6.07) is 1.03. The van der Waals surface area contributed by atoms with Gasteiger partial charge < -0.3 is 10.2 Å². The molecule has 0 saturated heterocycles. The quantitative estimate of drug-likeness (QED) is 0.547. The Balaban J connectivity index is 2.93. The predicted octanol–water partition coefficient (Wildman–Crippen LogP) is 4.15. The van der Waals surface area contributed by atoms with E-state index in [1.807, 2.05) is 0 Å². The average Bonchev–Trinajstić information content (AvgIpc) is 2.36. The van der Waals surface area contributed by atoms with Crippen molar-refractivity contribution in [2.45, 2.75) is 70.6 Å². The van der Waals surface area contributed by atoms with Gasteiger partial charge in [-0.2, -0.15) is 0 Å². The minimum absolute atomic E-state index is 0.0748. The Kier molecular flexibility index (Phi) is 6.65. The molecule has 1 saturated carbocycles. The van der Waals surface area contributed by atoms with E-state index in [1.54, 1.807) is 0 Å². The summed E-state index contributed by atoms with van der Waals surface area (Å²) < 4.78 is 0. The van der Waals surface area contributed by atoms with Crippen LogP contribution >= 0.6 is 0 Å². The van der Waals surface area contributed by atoms with Crippen molar-refractivity contribution in [3.8, 4) is 0 Å². The smallest absolute Gasteiger partial charge is 0.332 e. The van der Waals surface area contributed by atoms with Crippen LogP contribution in [0.5, 0.6) is 0 Å². The summed E-state index contributed by atoms with van der Waals surface area (Å²) in [5.74, 6) is -2.16. The summed E-state index contributed by atoms with van der Waals surface area (Å²) in [6.07, 6.45) is 5.92. The summed E-state index contributed by atoms with van der Waals surface area (Å²) in [7, 11) is -1.22. The molecule has 4 nitrogen and oxygen atoms in total. The molecule has 0 aliphatic heterocycles. The van der Waals surface area contributed by atoms with Crippen LogP contribution in [-0.2, 0) is 9.59 Å². The molecule has 0 atom stereocenters. The van der Waals surface area contributed by atoms with Crippen molar-refractivity contribution in [2.24, 2.45) is 5.92 Å². The molecule has 0 bridgehead atoms. The number of aliphatic carboxylic acids is 2. The second-order valence-electron chi connectivity index (χ2n) is 7.25. The van der Waals surface area contributed by atoms with Crippen LogP contribution in [0.3, 0.4) is 0 Å². The monoisotopic (exact) mass is 312 g/mol. The molecular weight excluding hydrogens is 284 g/mol. The van der Waals surface area contributed by atoms with Crippen LogP contribution < -0.4 is 0 Å². The lowest BCUT2D eigenvalue weighted by Crippen LogP contribution is -2.22. The van der Waals surface area contributed by atoms with Gasteiger partial charge in [-0.3, -0.25) is 0 Å². The highest BCUT2D eigenvalue weighted by molar-refractivity contribution is 6.76. The van der Waals surface area contributed by atoms with E-state index in [4.69, 9.17) is 0 Å². The van der Waals surface area contributed by atoms with Gasteiger partial charge in [-0.25, -0.2) is 9.59 Å². The van der Waals surface area contributed by atoms with Gasteiger partial charge in [-0.15, -0.1) is 0 Å². The number of hydrogen-bond acceptors (Lipinski definition) is 2. The number of carboxylic acids is 2. The Morgan fingerprint density at radius 3 is 2.00 bits per heavy atom. The highest BCUT2D eigenvalue weighted by Crippen LogP contribution is 2.33. The van der Waals surface area contributed by atoms with Gasteiger partial charge in [0.15, 0.2) is 0 Å². The van der Waals surface area contributed by atoms with Crippen molar-refractivity contribution < 1.29 is 19.8 Å². The van der Waals surface area contributed by atoms with Crippen LogP contribution in [-0.4, -0.2) is 30.2 Å². The van der Waals surface area contributed by atoms with E-state index in [0.717, 1.165) is 44.6 Å². The Morgan fingerprint density at radius 1 is 1.00 bits per heavy atom. The van der Waals surface area contributed by atoms with Gasteiger partial charge in [0, 0.05) is 13.6 Å².